The van der Waals surface area contributed by atoms with Crippen molar-refractivity contribution in [3.8, 4) is 0 Å². The minimum absolute atomic E-state index is 0.289. The van der Waals surface area contributed by atoms with Gasteiger partial charge in [0.15, 0.2) is 5.82 Å². The molecule has 0 fully saturated rings. The number of nitrogens with two attached hydrogens (primary N) is 1. The molecule has 2 N–H and O–H groups in total. The lowest BCUT2D eigenvalue weighted by molar-refractivity contribution is 0.567. The van der Waals surface area contributed by atoms with Crippen LogP contribution in [0.1, 0.15) is 25.2 Å². The van der Waals surface area contributed by atoms with Crippen molar-refractivity contribution in [2.75, 3.05) is 5.73 Å². The molecule has 108 valence electrons. The minimum Gasteiger partial charge on any atom is -0.399 e. The first kappa shape index (κ1) is 13.6. The van der Waals surface area contributed by atoms with Crippen LogP contribution in [-0.4, -0.2) is 9.55 Å². The highest BCUT2D eigenvalue weighted by atomic mass is 19.1. The average Bonchev–Trinajstić information content (AvgIpc) is 2.79. The zero-order valence-electron chi connectivity index (χ0n) is 12.4. The van der Waals surface area contributed by atoms with E-state index < -0.39 is 0 Å². The fourth-order valence-corrected chi connectivity index (χ4v) is 2.77. The van der Waals surface area contributed by atoms with Crippen molar-refractivity contribution in [1.82, 2.24) is 9.55 Å². The van der Waals surface area contributed by atoms with Crippen LogP contribution in [0.2, 0.25) is 0 Å². The molecule has 0 aliphatic carbocycles. The summed E-state index contributed by atoms with van der Waals surface area (Å²) in [5, 5.41) is 0. The molecule has 3 aromatic rings. The Kier molecular flexibility index (Phi) is 2.97. The number of hydrogen-bond donors (Lipinski definition) is 1. The summed E-state index contributed by atoms with van der Waals surface area (Å²) in [6, 6.07) is 12.8. The molecule has 1 heterocycles. The number of fused-ring (bicyclic) bond motifs is 1. The van der Waals surface area contributed by atoms with E-state index in [9.17, 15) is 4.39 Å². The van der Waals surface area contributed by atoms with Crippen LogP contribution < -0.4 is 5.73 Å². The lowest BCUT2D eigenvalue weighted by atomic mass is 9.83. The van der Waals surface area contributed by atoms with Gasteiger partial charge in [0.05, 0.1) is 5.52 Å². The van der Waals surface area contributed by atoms with E-state index in [4.69, 9.17) is 5.73 Å². The Labute approximate surface area is 123 Å². The molecule has 0 bridgehead atoms. The molecule has 0 spiro atoms. The number of nitrogen functional groups attached to an aromatic ring is 1. The number of anilines is 1. The summed E-state index contributed by atoms with van der Waals surface area (Å²) in [6.07, 6.45) is 0. The predicted octanol–water partition coefficient (Wildman–Crippen LogP) is 3.62. The third kappa shape index (κ3) is 2.07. The van der Waals surface area contributed by atoms with E-state index in [1.807, 2.05) is 41.9 Å². The first-order valence-corrected chi connectivity index (χ1v) is 6.88. The Bertz CT molecular complexity index is 801. The molecule has 2 aromatic carbocycles. The maximum absolute atomic E-state index is 13.9. The first-order valence-electron chi connectivity index (χ1n) is 6.88. The van der Waals surface area contributed by atoms with Crippen LogP contribution in [0, 0.1) is 5.82 Å². The van der Waals surface area contributed by atoms with Crippen LogP contribution in [0.4, 0.5) is 10.1 Å². The monoisotopic (exact) mass is 283 g/mol. The fraction of sp³-hybridized carbons (Fsp3) is 0.235. The molecule has 21 heavy (non-hydrogen) atoms. The highest BCUT2D eigenvalue weighted by Crippen LogP contribution is 2.33. The molecule has 0 unspecified atom stereocenters. The minimum atomic E-state index is -0.339. The summed E-state index contributed by atoms with van der Waals surface area (Å²) < 4.78 is 15.9. The second kappa shape index (κ2) is 4.58. The smallest absolute Gasteiger partial charge is 0.151 e. The van der Waals surface area contributed by atoms with Crippen LogP contribution >= 0.6 is 0 Å². The molecule has 3 nitrogen and oxygen atoms in total. The third-order valence-electron chi connectivity index (χ3n) is 4.05. The van der Waals surface area contributed by atoms with Crippen molar-refractivity contribution in [3.63, 3.8) is 0 Å². The number of hydrogen-bond acceptors (Lipinski definition) is 2. The molecule has 0 saturated carbocycles. The van der Waals surface area contributed by atoms with Gasteiger partial charge in [-0.3, -0.25) is 0 Å². The van der Waals surface area contributed by atoms with E-state index in [-0.39, 0.29) is 11.2 Å². The van der Waals surface area contributed by atoms with E-state index in [0.29, 0.717) is 5.52 Å². The largest absolute Gasteiger partial charge is 0.399 e. The number of benzene rings is 2. The first-order chi connectivity index (χ1) is 9.91. The Balaban J connectivity index is 2.21. The van der Waals surface area contributed by atoms with E-state index in [0.717, 1.165) is 22.6 Å². The Morgan fingerprint density at radius 1 is 1.10 bits per heavy atom. The van der Waals surface area contributed by atoms with Crippen molar-refractivity contribution in [1.29, 1.82) is 0 Å². The zero-order chi connectivity index (χ0) is 15.2. The second-order valence-electron chi connectivity index (χ2n) is 5.85. The van der Waals surface area contributed by atoms with Gasteiger partial charge in [-0.05, 0) is 43.7 Å². The predicted molar refractivity (Wildman–Crippen MR) is 83.7 cm³/mol. The Morgan fingerprint density at radius 3 is 2.38 bits per heavy atom. The number of halogens is 1. The molecule has 0 amide bonds. The summed E-state index contributed by atoms with van der Waals surface area (Å²) in [5.41, 5.74) is 8.45. The van der Waals surface area contributed by atoms with E-state index in [1.54, 1.807) is 6.07 Å². The highest BCUT2D eigenvalue weighted by Gasteiger charge is 2.29. The molecule has 0 atom stereocenters. The third-order valence-corrected chi connectivity index (χ3v) is 4.05. The van der Waals surface area contributed by atoms with Gasteiger partial charge in [0.2, 0.25) is 0 Å². The van der Waals surface area contributed by atoms with Crippen LogP contribution in [0.15, 0.2) is 42.5 Å². The Morgan fingerprint density at radius 2 is 1.76 bits per heavy atom. The van der Waals surface area contributed by atoms with Crippen molar-refractivity contribution in [2.24, 2.45) is 7.05 Å². The number of nitrogens with zero attached hydrogens (tertiary/aromatic N) is 2. The maximum atomic E-state index is 13.9. The van der Waals surface area contributed by atoms with Crippen molar-refractivity contribution < 1.29 is 4.39 Å². The van der Waals surface area contributed by atoms with Crippen LogP contribution in [0.3, 0.4) is 0 Å². The SMILES string of the molecule is Cn1c(C(C)(C)c2ccc(N)cc2)nc2c(F)cccc21. The zero-order valence-corrected chi connectivity index (χ0v) is 12.4. The van der Waals surface area contributed by atoms with Gasteiger partial charge in [0, 0.05) is 18.2 Å². The highest BCUT2D eigenvalue weighted by molar-refractivity contribution is 5.77. The number of para-hydroxylation sites is 1. The Hall–Kier alpha value is -2.36. The topological polar surface area (TPSA) is 43.8 Å². The van der Waals surface area contributed by atoms with Gasteiger partial charge >= 0.3 is 0 Å². The van der Waals surface area contributed by atoms with E-state index >= 15 is 0 Å². The summed E-state index contributed by atoms with van der Waals surface area (Å²) in [5.74, 6) is 0.537. The normalized spacial score (nSPS) is 12.0. The van der Waals surface area contributed by atoms with Gasteiger partial charge in [0.25, 0.3) is 0 Å². The molecular formula is C17H18FN3. The van der Waals surface area contributed by atoms with Gasteiger partial charge in [-0.25, -0.2) is 9.37 Å². The lowest BCUT2D eigenvalue weighted by Crippen LogP contribution is -2.23. The number of aryl methyl sites for hydroxylation is 1. The summed E-state index contributed by atoms with van der Waals surface area (Å²) in [6.45, 7) is 4.16. The molecule has 4 heteroatoms. The fourth-order valence-electron chi connectivity index (χ4n) is 2.77. The maximum Gasteiger partial charge on any atom is 0.151 e. The lowest BCUT2D eigenvalue weighted by Gasteiger charge is -2.25. The summed E-state index contributed by atoms with van der Waals surface area (Å²) >= 11 is 0. The van der Waals surface area contributed by atoms with E-state index in [2.05, 4.69) is 18.8 Å². The summed E-state index contributed by atoms with van der Waals surface area (Å²) in [4.78, 5) is 4.54. The molecule has 0 aliphatic heterocycles. The standard InChI is InChI=1S/C17H18FN3/c1-17(2,11-7-9-12(19)10-8-11)16-20-15-13(18)5-4-6-14(15)21(16)3/h4-10H,19H2,1-3H3. The quantitative estimate of drug-likeness (QED) is 0.730. The van der Waals surface area contributed by atoms with Gasteiger partial charge in [-0.15, -0.1) is 0 Å². The second-order valence-corrected chi connectivity index (χ2v) is 5.85. The van der Waals surface area contributed by atoms with Gasteiger partial charge < -0.3 is 10.3 Å². The summed E-state index contributed by atoms with van der Waals surface area (Å²) in [7, 11) is 1.92. The van der Waals surface area contributed by atoms with Crippen LogP contribution in [0.25, 0.3) is 11.0 Å². The van der Waals surface area contributed by atoms with Gasteiger partial charge in [-0.1, -0.05) is 18.2 Å². The molecule has 0 radical (unpaired) electrons. The molecule has 0 saturated heterocycles. The number of aromatic nitrogens is 2. The van der Waals surface area contributed by atoms with Crippen molar-refractivity contribution in [2.45, 2.75) is 19.3 Å². The molecule has 0 aliphatic rings. The molecule has 1 aromatic heterocycles. The molecular weight excluding hydrogens is 265 g/mol. The molecule has 3 rings (SSSR count). The number of rotatable bonds is 2. The van der Waals surface area contributed by atoms with E-state index in [1.165, 1.54) is 6.07 Å². The van der Waals surface area contributed by atoms with Crippen molar-refractivity contribution in [3.05, 3.63) is 59.7 Å². The van der Waals surface area contributed by atoms with Gasteiger partial charge in [0.1, 0.15) is 11.3 Å². The van der Waals surface area contributed by atoms with Crippen molar-refractivity contribution >= 4 is 16.7 Å². The van der Waals surface area contributed by atoms with Crippen LogP contribution in [0.5, 0.6) is 0 Å². The average molecular weight is 283 g/mol. The van der Waals surface area contributed by atoms with Crippen LogP contribution in [-0.2, 0) is 12.5 Å². The van der Waals surface area contributed by atoms with Gasteiger partial charge in [-0.2, -0.15) is 0 Å². The number of imidazole rings is 1.